The van der Waals surface area contributed by atoms with E-state index < -0.39 is 0 Å². The molecule has 0 amide bonds. The van der Waals surface area contributed by atoms with Crippen molar-refractivity contribution in [3.63, 3.8) is 0 Å². The Morgan fingerprint density at radius 1 is 1.12 bits per heavy atom. The molecule has 3 rings (SSSR count). The molecule has 1 heterocycles. The minimum Gasteiger partial charge on any atom is -0.382 e. The molecular formula is C25H42FN5O. The summed E-state index contributed by atoms with van der Waals surface area (Å²) in [7, 11) is 1.79. The van der Waals surface area contributed by atoms with Gasteiger partial charge in [-0.05, 0) is 55.8 Å². The normalized spacial score (nSPS) is 19.4. The van der Waals surface area contributed by atoms with Gasteiger partial charge >= 0.3 is 0 Å². The number of hydrogen-bond acceptors (Lipinski definition) is 4. The van der Waals surface area contributed by atoms with Crippen molar-refractivity contribution < 1.29 is 9.13 Å². The molecule has 1 saturated carbocycles. The van der Waals surface area contributed by atoms with E-state index in [2.05, 4.69) is 32.3 Å². The van der Waals surface area contributed by atoms with Crippen molar-refractivity contribution in [3.8, 4) is 0 Å². The molecule has 2 aliphatic rings. The van der Waals surface area contributed by atoms with Crippen LogP contribution in [0.25, 0.3) is 0 Å². The van der Waals surface area contributed by atoms with Crippen molar-refractivity contribution >= 4 is 11.6 Å². The molecule has 0 unspecified atom stereocenters. The molecule has 2 N–H and O–H groups in total. The van der Waals surface area contributed by atoms with E-state index in [1.807, 2.05) is 19.1 Å². The van der Waals surface area contributed by atoms with Gasteiger partial charge in [0.25, 0.3) is 0 Å². The van der Waals surface area contributed by atoms with E-state index in [-0.39, 0.29) is 5.82 Å². The van der Waals surface area contributed by atoms with Crippen LogP contribution in [0.15, 0.2) is 23.2 Å². The van der Waals surface area contributed by atoms with Crippen LogP contribution in [-0.2, 0) is 11.3 Å². The highest BCUT2D eigenvalue weighted by molar-refractivity contribution is 5.79. The summed E-state index contributed by atoms with van der Waals surface area (Å²) in [6.07, 6.45) is 6.15. The number of benzene rings is 1. The van der Waals surface area contributed by atoms with Gasteiger partial charge in [-0.3, -0.25) is 4.99 Å². The topological polar surface area (TPSA) is 52.1 Å². The molecule has 0 bridgehead atoms. The SMILES string of the molecule is CCOCCC1(CNC(=NC)NCc2ccc(N3CCN(CC)CC3)c(F)c2)CCCC1. The van der Waals surface area contributed by atoms with E-state index in [0.29, 0.717) is 17.6 Å². The maximum absolute atomic E-state index is 14.8. The zero-order valence-electron chi connectivity index (χ0n) is 20.3. The minimum absolute atomic E-state index is 0.141. The van der Waals surface area contributed by atoms with E-state index in [4.69, 9.17) is 4.74 Å². The molecule has 32 heavy (non-hydrogen) atoms. The van der Waals surface area contributed by atoms with Gasteiger partial charge in [-0.15, -0.1) is 0 Å². The molecule has 1 aliphatic heterocycles. The molecule has 6 nitrogen and oxygen atoms in total. The molecule has 180 valence electrons. The van der Waals surface area contributed by atoms with E-state index in [9.17, 15) is 4.39 Å². The van der Waals surface area contributed by atoms with Crippen molar-refractivity contribution in [3.05, 3.63) is 29.6 Å². The number of nitrogens with zero attached hydrogens (tertiary/aromatic N) is 3. The first-order chi connectivity index (χ1) is 15.6. The third-order valence-corrected chi connectivity index (χ3v) is 7.13. The Kier molecular flexibility index (Phi) is 9.60. The Morgan fingerprint density at radius 3 is 2.50 bits per heavy atom. The molecule has 2 fully saturated rings. The summed E-state index contributed by atoms with van der Waals surface area (Å²) in [5.41, 5.74) is 1.93. The number of hydrogen-bond donors (Lipinski definition) is 2. The number of guanidine groups is 1. The van der Waals surface area contributed by atoms with Crippen LogP contribution in [0.4, 0.5) is 10.1 Å². The molecule has 0 spiro atoms. The quantitative estimate of drug-likeness (QED) is 0.326. The van der Waals surface area contributed by atoms with Crippen LogP contribution in [0.5, 0.6) is 0 Å². The molecule has 0 radical (unpaired) electrons. The predicted octanol–water partition coefficient (Wildman–Crippen LogP) is 3.62. The Labute approximate surface area is 193 Å². The van der Waals surface area contributed by atoms with Crippen LogP contribution < -0.4 is 15.5 Å². The monoisotopic (exact) mass is 447 g/mol. The number of piperazine rings is 1. The fourth-order valence-electron chi connectivity index (χ4n) is 4.97. The zero-order chi connectivity index (χ0) is 22.8. The van der Waals surface area contributed by atoms with E-state index in [0.717, 1.165) is 70.4 Å². The van der Waals surface area contributed by atoms with Crippen molar-refractivity contribution in [1.29, 1.82) is 0 Å². The maximum Gasteiger partial charge on any atom is 0.191 e. The van der Waals surface area contributed by atoms with Crippen LogP contribution in [-0.4, -0.2) is 70.4 Å². The lowest BCUT2D eigenvalue weighted by atomic mass is 9.83. The Bertz CT molecular complexity index is 727. The summed E-state index contributed by atoms with van der Waals surface area (Å²) in [5, 5.41) is 6.87. The summed E-state index contributed by atoms with van der Waals surface area (Å²) >= 11 is 0. The number of anilines is 1. The fraction of sp³-hybridized carbons (Fsp3) is 0.720. The van der Waals surface area contributed by atoms with Crippen molar-refractivity contribution in [2.45, 2.75) is 52.5 Å². The first kappa shape index (κ1) is 24.8. The first-order valence-electron chi connectivity index (χ1n) is 12.4. The number of rotatable bonds is 10. The third-order valence-electron chi connectivity index (χ3n) is 7.13. The summed E-state index contributed by atoms with van der Waals surface area (Å²) in [5.74, 6) is 0.630. The van der Waals surface area contributed by atoms with E-state index in [1.165, 1.54) is 25.7 Å². The van der Waals surface area contributed by atoms with Gasteiger partial charge in [-0.25, -0.2) is 4.39 Å². The Morgan fingerprint density at radius 2 is 1.88 bits per heavy atom. The molecule has 1 saturated heterocycles. The zero-order valence-corrected chi connectivity index (χ0v) is 20.3. The second kappa shape index (κ2) is 12.4. The lowest BCUT2D eigenvalue weighted by Crippen LogP contribution is -2.46. The largest absolute Gasteiger partial charge is 0.382 e. The van der Waals surface area contributed by atoms with Crippen LogP contribution in [0.3, 0.4) is 0 Å². The summed E-state index contributed by atoms with van der Waals surface area (Å²) in [6, 6.07) is 5.60. The van der Waals surface area contributed by atoms with Crippen molar-refractivity contribution in [2.75, 3.05) is 64.4 Å². The molecule has 7 heteroatoms. The van der Waals surface area contributed by atoms with E-state index >= 15 is 0 Å². The lowest BCUT2D eigenvalue weighted by molar-refractivity contribution is 0.105. The molecule has 1 aromatic carbocycles. The highest BCUT2D eigenvalue weighted by Gasteiger charge is 2.33. The van der Waals surface area contributed by atoms with Gasteiger partial charge in [0.05, 0.1) is 5.69 Å². The highest BCUT2D eigenvalue weighted by Crippen LogP contribution is 2.40. The fourth-order valence-corrected chi connectivity index (χ4v) is 4.97. The molecule has 0 aromatic heterocycles. The number of aliphatic imine (C=N–C) groups is 1. The van der Waals surface area contributed by atoms with Crippen molar-refractivity contribution in [1.82, 2.24) is 15.5 Å². The van der Waals surface area contributed by atoms with Gasteiger partial charge in [-0.2, -0.15) is 0 Å². The van der Waals surface area contributed by atoms with Crippen LogP contribution >= 0.6 is 0 Å². The van der Waals surface area contributed by atoms with Gasteiger partial charge in [0.2, 0.25) is 0 Å². The number of likely N-dealkylation sites (N-methyl/N-ethyl adjacent to an activating group) is 1. The smallest absolute Gasteiger partial charge is 0.191 e. The molecule has 0 atom stereocenters. The van der Waals surface area contributed by atoms with Gasteiger partial charge in [0, 0.05) is 59.5 Å². The first-order valence-corrected chi connectivity index (χ1v) is 12.4. The van der Waals surface area contributed by atoms with Crippen molar-refractivity contribution in [2.24, 2.45) is 10.4 Å². The van der Waals surface area contributed by atoms with Crippen LogP contribution in [0, 0.1) is 11.2 Å². The van der Waals surface area contributed by atoms with Crippen LogP contribution in [0.1, 0.15) is 51.5 Å². The second-order valence-electron chi connectivity index (χ2n) is 9.14. The Balaban J connectivity index is 1.49. The minimum atomic E-state index is -0.141. The van der Waals surface area contributed by atoms with Gasteiger partial charge in [-0.1, -0.05) is 25.8 Å². The molecule has 1 aliphatic carbocycles. The molecule has 1 aromatic rings. The lowest BCUT2D eigenvalue weighted by Gasteiger charge is -2.35. The average molecular weight is 448 g/mol. The number of halogens is 1. The summed E-state index contributed by atoms with van der Waals surface area (Å²) in [4.78, 5) is 8.93. The summed E-state index contributed by atoms with van der Waals surface area (Å²) in [6.45, 7) is 12.1. The predicted molar refractivity (Wildman–Crippen MR) is 131 cm³/mol. The molecular weight excluding hydrogens is 405 g/mol. The average Bonchev–Trinajstić information content (AvgIpc) is 3.28. The maximum atomic E-state index is 14.8. The van der Waals surface area contributed by atoms with Crippen LogP contribution in [0.2, 0.25) is 0 Å². The second-order valence-corrected chi connectivity index (χ2v) is 9.14. The Hall–Kier alpha value is -1.86. The van der Waals surface area contributed by atoms with Gasteiger partial charge in [0.15, 0.2) is 5.96 Å². The number of nitrogens with one attached hydrogen (secondary N) is 2. The van der Waals surface area contributed by atoms with Gasteiger partial charge in [0.1, 0.15) is 5.82 Å². The number of ether oxygens (including phenoxy) is 1. The summed E-state index contributed by atoms with van der Waals surface area (Å²) < 4.78 is 20.4. The standard InChI is InChI=1S/C25H42FN5O/c1-4-30-13-15-31(16-14-30)23-9-8-21(18-22(23)26)19-28-24(27-3)29-20-25(10-6-7-11-25)12-17-32-5-2/h8-9,18H,4-7,10-17,19-20H2,1-3H3,(H2,27,28,29). The van der Waals surface area contributed by atoms with E-state index in [1.54, 1.807) is 13.1 Å². The van der Waals surface area contributed by atoms with Gasteiger partial charge < -0.3 is 25.2 Å². The highest BCUT2D eigenvalue weighted by atomic mass is 19.1. The third kappa shape index (κ3) is 6.82.